The minimum Gasteiger partial charge on any atom is -0.530 e. The second-order valence-corrected chi connectivity index (χ2v) is 38.3. The molecule has 4 atom stereocenters. The van der Waals surface area contributed by atoms with Crippen LogP contribution in [0.2, 0.25) is 98.2 Å². The highest BCUT2D eigenvalue weighted by molar-refractivity contribution is 6.79. The van der Waals surface area contributed by atoms with Crippen LogP contribution in [0.3, 0.4) is 0 Å². The standard InChI is InChI=1S/C25H53N5O5Si5/c1-36(2,3)29-25-27-22-19(23(28-25)35-40(13,14)15)26-17-30(22)24-21(34-39(10,11)12)20(33-38(7,8)9)18(32-24)16-31-37(4,5)6/h17-18,20-21,24H,16H2,1-15H3,(H,27,28,29). The largest absolute Gasteiger partial charge is 0.530 e. The van der Waals surface area contributed by atoms with Crippen molar-refractivity contribution in [1.82, 2.24) is 19.5 Å². The molecule has 0 radical (unpaired) electrons. The van der Waals surface area contributed by atoms with E-state index >= 15 is 0 Å². The molecule has 228 valence electrons. The highest BCUT2D eigenvalue weighted by Gasteiger charge is 2.50. The van der Waals surface area contributed by atoms with Crippen molar-refractivity contribution in [2.24, 2.45) is 0 Å². The molecule has 0 aliphatic carbocycles. The topological polar surface area (TPSA) is 102 Å². The number of imidazole rings is 1. The first-order valence-corrected chi connectivity index (χ1v) is 31.4. The molecule has 4 unspecified atom stereocenters. The third-order valence-corrected chi connectivity index (χ3v) is 10.3. The van der Waals surface area contributed by atoms with Crippen LogP contribution in [0.4, 0.5) is 5.95 Å². The Bertz CT molecular complexity index is 1160. The number of anilines is 1. The number of hydrogen-bond donors (Lipinski definition) is 1. The third kappa shape index (κ3) is 9.83. The fourth-order valence-electron chi connectivity index (χ4n) is 4.31. The van der Waals surface area contributed by atoms with Crippen LogP contribution in [0.15, 0.2) is 6.33 Å². The summed E-state index contributed by atoms with van der Waals surface area (Å²) in [5.74, 6) is 1.06. The first-order valence-electron chi connectivity index (χ1n) is 14.3. The van der Waals surface area contributed by atoms with Crippen molar-refractivity contribution < 1.29 is 22.4 Å². The van der Waals surface area contributed by atoms with Crippen molar-refractivity contribution >= 4 is 58.6 Å². The fraction of sp³-hybridized carbons (Fsp3) is 0.800. The van der Waals surface area contributed by atoms with E-state index in [-0.39, 0.29) is 18.3 Å². The maximum absolute atomic E-state index is 6.87. The zero-order chi connectivity index (χ0) is 30.5. The summed E-state index contributed by atoms with van der Waals surface area (Å²) in [6.45, 7) is 33.3. The van der Waals surface area contributed by atoms with Crippen LogP contribution in [-0.2, 0) is 18.0 Å². The van der Waals surface area contributed by atoms with Gasteiger partial charge in [0.15, 0.2) is 42.3 Å². The molecule has 1 N–H and O–H groups in total. The number of rotatable bonds is 12. The van der Waals surface area contributed by atoms with Gasteiger partial charge < -0.3 is 27.4 Å². The van der Waals surface area contributed by atoms with Gasteiger partial charge >= 0.3 is 0 Å². The van der Waals surface area contributed by atoms with E-state index in [1.165, 1.54) is 0 Å². The summed E-state index contributed by atoms with van der Waals surface area (Å²) >= 11 is 0. The van der Waals surface area contributed by atoms with Gasteiger partial charge in [-0.05, 0) is 78.6 Å². The SMILES string of the molecule is C[Si](C)(C)Nc1nc(O[Si](C)(C)C)c2ncn(C3OC(CO[Si](C)(C)C)C(O[Si](C)(C)C)C3O[Si](C)(C)C)c2n1. The van der Waals surface area contributed by atoms with Gasteiger partial charge in [-0.25, -0.2) is 4.98 Å². The number of fused-ring (bicyclic) bond motifs is 1. The van der Waals surface area contributed by atoms with E-state index in [9.17, 15) is 0 Å². The second-order valence-electron chi connectivity index (χ2n) is 15.6. The van der Waals surface area contributed by atoms with E-state index < -0.39 is 47.7 Å². The Morgan fingerprint density at radius 1 is 0.775 bits per heavy atom. The molecule has 1 aliphatic rings. The molecule has 0 amide bonds. The lowest BCUT2D eigenvalue weighted by Crippen LogP contribution is -2.48. The van der Waals surface area contributed by atoms with Gasteiger partial charge in [0.05, 0.1) is 12.9 Å². The highest BCUT2D eigenvalue weighted by atomic mass is 28.4. The molecule has 0 bridgehead atoms. The zero-order valence-corrected chi connectivity index (χ0v) is 32.4. The van der Waals surface area contributed by atoms with Crippen LogP contribution in [0.1, 0.15) is 6.23 Å². The van der Waals surface area contributed by atoms with E-state index in [0.29, 0.717) is 29.6 Å². The summed E-state index contributed by atoms with van der Waals surface area (Å²) in [6.07, 6.45) is 0.420. The van der Waals surface area contributed by atoms with Gasteiger partial charge in [0, 0.05) is 0 Å². The molecule has 40 heavy (non-hydrogen) atoms. The lowest BCUT2D eigenvalue weighted by Gasteiger charge is -2.34. The van der Waals surface area contributed by atoms with E-state index in [2.05, 4.69) is 103 Å². The minimum absolute atomic E-state index is 0.267. The Balaban J connectivity index is 2.17. The maximum Gasteiger partial charge on any atom is 0.244 e. The first kappa shape index (κ1) is 33.6. The van der Waals surface area contributed by atoms with Gasteiger partial charge in [0.2, 0.25) is 20.1 Å². The number of nitrogens with zero attached hydrogens (tertiary/aromatic N) is 4. The molecular formula is C25H53N5O5Si5. The van der Waals surface area contributed by atoms with Crippen LogP contribution < -0.4 is 9.41 Å². The summed E-state index contributed by atoms with van der Waals surface area (Å²) < 4.78 is 35.3. The van der Waals surface area contributed by atoms with Crippen molar-refractivity contribution in [3.63, 3.8) is 0 Å². The smallest absolute Gasteiger partial charge is 0.244 e. The zero-order valence-electron chi connectivity index (χ0n) is 27.4. The van der Waals surface area contributed by atoms with Crippen LogP contribution in [-0.4, -0.2) is 85.9 Å². The van der Waals surface area contributed by atoms with E-state index in [0.717, 1.165) is 0 Å². The summed E-state index contributed by atoms with van der Waals surface area (Å²) in [4.78, 5) is 18.1. The maximum atomic E-state index is 6.87. The van der Waals surface area contributed by atoms with Gasteiger partial charge in [0.1, 0.15) is 26.5 Å². The molecule has 3 heterocycles. The second kappa shape index (κ2) is 11.6. The Hall–Kier alpha value is -0.926. The minimum atomic E-state index is -2.00. The molecular weight excluding hydrogens is 591 g/mol. The van der Waals surface area contributed by atoms with Crippen LogP contribution in [0.5, 0.6) is 5.88 Å². The Labute approximate surface area is 246 Å². The van der Waals surface area contributed by atoms with Crippen molar-refractivity contribution in [2.75, 3.05) is 11.6 Å². The lowest BCUT2D eigenvalue weighted by atomic mass is 10.1. The average molecular weight is 644 g/mol. The average Bonchev–Trinajstić information content (AvgIpc) is 3.23. The molecule has 1 fully saturated rings. The monoisotopic (exact) mass is 643 g/mol. The van der Waals surface area contributed by atoms with Crippen LogP contribution in [0.25, 0.3) is 11.2 Å². The Morgan fingerprint density at radius 2 is 1.35 bits per heavy atom. The van der Waals surface area contributed by atoms with Gasteiger partial charge in [-0.3, -0.25) is 4.57 Å². The third-order valence-electron chi connectivity index (χ3n) is 5.50. The van der Waals surface area contributed by atoms with E-state index in [4.69, 9.17) is 37.4 Å². The van der Waals surface area contributed by atoms with E-state index in [1.54, 1.807) is 6.33 Å². The van der Waals surface area contributed by atoms with Gasteiger partial charge in [-0.2, -0.15) is 9.97 Å². The fourth-order valence-corrected chi connectivity index (χ4v) is 8.65. The molecule has 10 nitrogen and oxygen atoms in total. The molecule has 3 rings (SSSR count). The van der Waals surface area contributed by atoms with Gasteiger partial charge in [0.25, 0.3) is 0 Å². The Morgan fingerprint density at radius 3 is 1.85 bits per heavy atom. The predicted molar refractivity (Wildman–Crippen MR) is 176 cm³/mol. The summed E-state index contributed by atoms with van der Waals surface area (Å²) in [6, 6.07) is 0. The van der Waals surface area contributed by atoms with E-state index in [1.807, 2.05) is 4.57 Å². The molecule has 1 aliphatic heterocycles. The van der Waals surface area contributed by atoms with Crippen molar-refractivity contribution in [3.8, 4) is 5.88 Å². The molecule has 0 saturated carbocycles. The molecule has 0 aromatic carbocycles. The van der Waals surface area contributed by atoms with Crippen LogP contribution >= 0.6 is 0 Å². The number of nitrogens with one attached hydrogen (secondary N) is 1. The van der Waals surface area contributed by atoms with Crippen molar-refractivity contribution in [3.05, 3.63) is 6.33 Å². The number of ether oxygens (including phenoxy) is 1. The van der Waals surface area contributed by atoms with Crippen molar-refractivity contribution in [1.29, 1.82) is 0 Å². The molecule has 1 saturated heterocycles. The molecule has 2 aromatic rings. The van der Waals surface area contributed by atoms with Crippen molar-refractivity contribution in [2.45, 2.75) is 123 Å². The Kier molecular flexibility index (Phi) is 9.76. The highest BCUT2D eigenvalue weighted by Crippen LogP contribution is 2.39. The first-order chi connectivity index (χ1) is 17.9. The lowest BCUT2D eigenvalue weighted by molar-refractivity contribution is -0.0456. The number of hydrogen-bond acceptors (Lipinski definition) is 9. The molecule has 0 spiro atoms. The molecule has 2 aromatic heterocycles. The van der Waals surface area contributed by atoms with Gasteiger partial charge in [-0.1, -0.05) is 19.6 Å². The quantitative estimate of drug-likeness (QED) is 0.261. The van der Waals surface area contributed by atoms with Crippen LogP contribution in [0, 0.1) is 0 Å². The number of aromatic nitrogens is 4. The predicted octanol–water partition coefficient (Wildman–Crippen LogP) is 6.48. The van der Waals surface area contributed by atoms with Gasteiger partial charge in [-0.15, -0.1) is 0 Å². The summed E-state index contributed by atoms with van der Waals surface area (Å²) in [5, 5.41) is 0. The summed E-state index contributed by atoms with van der Waals surface area (Å²) in [5.41, 5.74) is 1.29. The normalized spacial score (nSPS) is 23.2. The summed E-state index contributed by atoms with van der Waals surface area (Å²) in [7, 11) is -9.47. The molecule has 15 heteroatoms.